The van der Waals surface area contributed by atoms with E-state index in [0.29, 0.717) is 43.7 Å². The number of morpholine rings is 1. The van der Waals surface area contributed by atoms with Crippen LogP contribution in [-0.2, 0) is 9.53 Å². The molecule has 3 fully saturated rings. The van der Waals surface area contributed by atoms with E-state index in [1.54, 1.807) is 0 Å². The smallest absolute Gasteiger partial charge is 0.254 e. The van der Waals surface area contributed by atoms with Crippen LogP contribution >= 0.6 is 0 Å². The number of carbonyl (C=O) groups is 2. The summed E-state index contributed by atoms with van der Waals surface area (Å²) >= 11 is 0. The van der Waals surface area contributed by atoms with Crippen LogP contribution in [0.1, 0.15) is 55.3 Å². The third-order valence-electron chi connectivity index (χ3n) is 6.41. The summed E-state index contributed by atoms with van der Waals surface area (Å²) < 4.78 is 11.5. The molecule has 0 spiro atoms. The first-order chi connectivity index (χ1) is 14.2. The van der Waals surface area contributed by atoms with Gasteiger partial charge in [-0.25, -0.2) is 0 Å². The molecule has 0 aromatic heterocycles. The van der Waals surface area contributed by atoms with Gasteiger partial charge in [-0.1, -0.05) is 18.9 Å². The maximum absolute atomic E-state index is 12.7. The maximum atomic E-state index is 12.7. The standard InChI is InChI=1S/C23H32N2O4/c26-22(16-18-4-1-2-5-18)24-10-8-20(9-11-24)29-21-7-3-6-19(17-21)23(27)25-12-14-28-15-13-25/h3,6-7,17-18,20H,1-2,4-5,8-16H2. The van der Waals surface area contributed by atoms with Crippen LogP contribution < -0.4 is 4.74 Å². The number of nitrogens with zero attached hydrogens (tertiary/aromatic N) is 2. The minimum Gasteiger partial charge on any atom is -0.490 e. The Morgan fingerprint density at radius 2 is 1.69 bits per heavy atom. The molecular formula is C23H32N2O4. The van der Waals surface area contributed by atoms with Gasteiger partial charge in [0, 0.05) is 51.0 Å². The molecule has 1 aromatic carbocycles. The van der Waals surface area contributed by atoms with Crippen LogP contribution in [0, 0.1) is 5.92 Å². The van der Waals surface area contributed by atoms with Crippen LogP contribution in [-0.4, -0.2) is 67.1 Å². The summed E-state index contributed by atoms with van der Waals surface area (Å²) in [6.45, 7) is 4.00. The Balaban J connectivity index is 1.27. The van der Waals surface area contributed by atoms with Gasteiger partial charge in [0.25, 0.3) is 5.91 Å². The van der Waals surface area contributed by atoms with Crippen molar-refractivity contribution in [3.05, 3.63) is 29.8 Å². The van der Waals surface area contributed by atoms with Gasteiger partial charge < -0.3 is 19.3 Å². The molecule has 2 amide bonds. The molecule has 2 saturated heterocycles. The monoisotopic (exact) mass is 400 g/mol. The number of piperidine rings is 1. The minimum atomic E-state index is 0.0334. The second-order valence-corrected chi connectivity index (χ2v) is 8.49. The molecule has 4 rings (SSSR count). The Hall–Kier alpha value is -2.08. The number of likely N-dealkylation sites (tertiary alicyclic amines) is 1. The van der Waals surface area contributed by atoms with Crippen molar-refractivity contribution in [3.63, 3.8) is 0 Å². The lowest BCUT2D eigenvalue weighted by molar-refractivity contribution is -0.134. The number of carbonyl (C=O) groups excluding carboxylic acids is 2. The summed E-state index contributed by atoms with van der Waals surface area (Å²) in [4.78, 5) is 29.0. The molecule has 0 atom stereocenters. The van der Waals surface area contributed by atoms with E-state index in [4.69, 9.17) is 9.47 Å². The van der Waals surface area contributed by atoms with Crippen LogP contribution in [0.25, 0.3) is 0 Å². The molecule has 1 aromatic rings. The Morgan fingerprint density at radius 1 is 0.966 bits per heavy atom. The number of hydrogen-bond donors (Lipinski definition) is 0. The van der Waals surface area contributed by atoms with Gasteiger partial charge in [-0.15, -0.1) is 0 Å². The van der Waals surface area contributed by atoms with Gasteiger partial charge in [0.05, 0.1) is 13.2 Å². The Morgan fingerprint density at radius 3 is 2.41 bits per heavy atom. The van der Waals surface area contributed by atoms with E-state index in [1.165, 1.54) is 25.7 Å². The van der Waals surface area contributed by atoms with E-state index in [0.717, 1.165) is 38.1 Å². The molecule has 158 valence electrons. The van der Waals surface area contributed by atoms with Crippen LogP contribution in [0.4, 0.5) is 0 Å². The molecule has 1 saturated carbocycles. The number of ether oxygens (including phenoxy) is 2. The van der Waals surface area contributed by atoms with Gasteiger partial charge in [0.15, 0.2) is 0 Å². The first-order valence-corrected chi connectivity index (χ1v) is 11.1. The van der Waals surface area contributed by atoms with Gasteiger partial charge in [-0.05, 0) is 37.0 Å². The van der Waals surface area contributed by atoms with E-state index >= 15 is 0 Å². The van der Waals surface area contributed by atoms with Crippen molar-refractivity contribution in [1.29, 1.82) is 0 Å². The Labute approximate surface area is 173 Å². The average Bonchev–Trinajstić information content (AvgIpc) is 3.27. The molecule has 0 N–H and O–H groups in total. The van der Waals surface area contributed by atoms with Gasteiger partial charge in [-0.3, -0.25) is 9.59 Å². The van der Waals surface area contributed by atoms with Gasteiger partial charge >= 0.3 is 0 Å². The highest BCUT2D eigenvalue weighted by molar-refractivity contribution is 5.94. The summed E-state index contributed by atoms with van der Waals surface area (Å²) in [6.07, 6.45) is 7.49. The Bertz CT molecular complexity index is 703. The van der Waals surface area contributed by atoms with Crippen molar-refractivity contribution in [2.24, 2.45) is 5.92 Å². The lowest BCUT2D eigenvalue weighted by Crippen LogP contribution is -2.42. The summed E-state index contributed by atoms with van der Waals surface area (Å²) in [5.74, 6) is 1.68. The largest absolute Gasteiger partial charge is 0.490 e. The molecule has 29 heavy (non-hydrogen) atoms. The number of amides is 2. The molecule has 0 bridgehead atoms. The highest BCUT2D eigenvalue weighted by Gasteiger charge is 2.27. The predicted octanol–water partition coefficient (Wildman–Crippen LogP) is 3.11. The zero-order chi connectivity index (χ0) is 20.1. The van der Waals surface area contributed by atoms with E-state index in [1.807, 2.05) is 34.1 Å². The highest BCUT2D eigenvalue weighted by atomic mass is 16.5. The van der Waals surface area contributed by atoms with Crippen molar-refractivity contribution in [1.82, 2.24) is 9.80 Å². The molecule has 6 heteroatoms. The molecule has 1 aliphatic carbocycles. The number of rotatable bonds is 5. The molecule has 3 aliphatic rings. The van der Waals surface area contributed by atoms with Gasteiger partial charge in [-0.2, -0.15) is 0 Å². The van der Waals surface area contributed by atoms with E-state index < -0.39 is 0 Å². The first-order valence-electron chi connectivity index (χ1n) is 11.1. The molecule has 2 heterocycles. The minimum absolute atomic E-state index is 0.0334. The molecular weight excluding hydrogens is 368 g/mol. The van der Waals surface area contributed by atoms with Crippen LogP contribution in [0.3, 0.4) is 0 Å². The SMILES string of the molecule is O=C(CC1CCCC1)N1CCC(Oc2cccc(C(=O)N3CCOCC3)c2)CC1. The predicted molar refractivity (Wildman–Crippen MR) is 110 cm³/mol. The normalized spacial score (nSPS) is 21.4. The lowest BCUT2D eigenvalue weighted by Gasteiger charge is -2.33. The van der Waals surface area contributed by atoms with Gasteiger partial charge in [0.2, 0.25) is 5.91 Å². The van der Waals surface area contributed by atoms with Gasteiger partial charge in [0.1, 0.15) is 11.9 Å². The van der Waals surface area contributed by atoms with E-state index in [9.17, 15) is 9.59 Å². The van der Waals surface area contributed by atoms with Crippen molar-refractivity contribution in [2.45, 2.75) is 51.0 Å². The third kappa shape index (κ3) is 5.30. The second-order valence-electron chi connectivity index (χ2n) is 8.49. The number of benzene rings is 1. The second kappa shape index (κ2) is 9.61. The van der Waals surface area contributed by atoms with E-state index in [-0.39, 0.29) is 12.0 Å². The zero-order valence-corrected chi connectivity index (χ0v) is 17.2. The zero-order valence-electron chi connectivity index (χ0n) is 17.2. The lowest BCUT2D eigenvalue weighted by atomic mass is 10.0. The fourth-order valence-electron chi connectivity index (χ4n) is 4.66. The molecule has 6 nitrogen and oxygen atoms in total. The van der Waals surface area contributed by atoms with Crippen LogP contribution in [0.15, 0.2) is 24.3 Å². The topological polar surface area (TPSA) is 59.1 Å². The third-order valence-corrected chi connectivity index (χ3v) is 6.41. The number of hydrogen-bond acceptors (Lipinski definition) is 4. The summed E-state index contributed by atoms with van der Waals surface area (Å²) in [5.41, 5.74) is 0.661. The first kappa shape index (κ1) is 20.2. The van der Waals surface area contributed by atoms with Crippen molar-refractivity contribution >= 4 is 11.8 Å². The van der Waals surface area contributed by atoms with E-state index in [2.05, 4.69) is 0 Å². The summed E-state index contributed by atoms with van der Waals surface area (Å²) in [5, 5.41) is 0. The Kier molecular flexibility index (Phi) is 6.70. The molecule has 2 aliphatic heterocycles. The average molecular weight is 401 g/mol. The van der Waals surface area contributed by atoms with Crippen LogP contribution in [0.2, 0.25) is 0 Å². The van der Waals surface area contributed by atoms with Crippen molar-refractivity contribution < 1.29 is 19.1 Å². The van der Waals surface area contributed by atoms with Crippen molar-refractivity contribution in [3.8, 4) is 5.75 Å². The molecule has 0 unspecified atom stereocenters. The summed E-state index contributed by atoms with van der Waals surface area (Å²) in [6, 6.07) is 7.47. The fraction of sp³-hybridized carbons (Fsp3) is 0.652. The quantitative estimate of drug-likeness (QED) is 0.762. The summed E-state index contributed by atoms with van der Waals surface area (Å²) in [7, 11) is 0. The van der Waals surface area contributed by atoms with Crippen LogP contribution in [0.5, 0.6) is 5.75 Å². The molecule has 0 radical (unpaired) electrons. The fourth-order valence-corrected chi connectivity index (χ4v) is 4.66. The van der Waals surface area contributed by atoms with Crippen molar-refractivity contribution in [2.75, 3.05) is 39.4 Å². The highest BCUT2D eigenvalue weighted by Crippen LogP contribution is 2.29. The maximum Gasteiger partial charge on any atom is 0.254 e.